The SMILES string of the molecule is Cn1ncc(Br)c1[C@@H](N)CC(N)=O. The Morgan fingerprint density at radius 3 is 2.85 bits per heavy atom. The molecule has 0 spiro atoms. The molecule has 0 radical (unpaired) electrons. The van der Waals surface area contributed by atoms with Gasteiger partial charge in [-0.2, -0.15) is 5.10 Å². The standard InChI is InChI=1S/C7H11BrN4O/c1-12-7(4(8)3-11-12)5(9)2-6(10)13/h3,5H,2,9H2,1H3,(H2,10,13)/t5-/m0/s1. The first-order valence-electron chi connectivity index (χ1n) is 3.73. The molecular weight excluding hydrogens is 236 g/mol. The fraction of sp³-hybridized carbons (Fsp3) is 0.429. The van der Waals surface area contributed by atoms with Crippen molar-refractivity contribution in [3.05, 3.63) is 16.4 Å². The van der Waals surface area contributed by atoms with Crippen LogP contribution in [0, 0.1) is 0 Å². The van der Waals surface area contributed by atoms with Gasteiger partial charge in [0.25, 0.3) is 0 Å². The van der Waals surface area contributed by atoms with E-state index in [1.807, 2.05) is 0 Å². The minimum atomic E-state index is -0.416. The maximum absolute atomic E-state index is 10.6. The van der Waals surface area contributed by atoms with Gasteiger partial charge in [-0.3, -0.25) is 9.48 Å². The van der Waals surface area contributed by atoms with Crippen LogP contribution in [0.4, 0.5) is 0 Å². The van der Waals surface area contributed by atoms with Crippen molar-refractivity contribution in [2.24, 2.45) is 18.5 Å². The molecule has 1 rings (SSSR count). The molecule has 0 aromatic carbocycles. The number of carbonyl (C=O) groups excluding carboxylic acids is 1. The fourth-order valence-electron chi connectivity index (χ4n) is 1.15. The Balaban J connectivity index is 2.87. The molecule has 6 heteroatoms. The Morgan fingerprint density at radius 2 is 2.46 bits per heavy atom. The first kappa shape index (κ1) is 10.2. The smallest absolute Gasteiger partial charge is 0.219 e. The van der Waals surface area contributed by atoms with Crippen molar-refractivity contribution < 1.29 is 4.79 Å². The molecule has 1 heterocycles. The molecule has 1 aromatic rings. The Kier molecular flexibility index (Phi) is 3.05. The van der Waals surface area contributed by atoms with Crippen molar-refractivity contribution in [3.63, 3.8) is 0 Å². The monoisotopic (exact) mass is 246 g/mol. The van der Waals surface area contributed by atoms with E-state index in [1.165, 1.54) is 0 Å². The van der Waals surface area contributed by atoms with Crippen molar-refractivity contribution in [1.29, 1.82) is 0 Å². The van der Waals surface area contributed by atoms with E-state index < -0.39 is 11.9 Å². The summed E-state index contributed by atoms with van der Waals surface area (Å²) in [4.78, 5) is 10.6. The topological polar surface area (TPSA) is 86.9 Å². The van der Waals surface area contributed by atoms with E-state index in [-0.39, 0.29) is 6.42 Å². The molecule has 5 nitrogen and oxygen atoms in total. The van der Waals surface area contributed by atoms with Gasteiger partial charge in [-0.25, -0.2) is 0 Å². The Hall–Kier alpha value is -0.880. The Morgan fingerprint density at radius 1 is 1.85 bits per heavy atom. The molecule has 0 aliphatic carbocycles. The number of aromatic nitrogens is 2. The second-order valence-electron chi connectivity index (χ2n) is 2.78. The predicted octanol–water partition coefficient (Wildman–Crippen LogP) is 0.0578. The number of hydrogen-bond donors (Lipinski definition) is 2. The number of carbonyl (C=O) groups is 1. The summed E-state index contributed by atoms with van der Waals surface area (Å²) in [5, 5.41) is 3.98. The lowest BCUT2D eigenvalue weighted by molar-refractivity contribution is -0.118. The van der Waals surface area contributed by atoms with Gasteiger partial charge in [0.1, 0.15) is 0 Å². The molecule has 1 aromatic heterocycles. The molecule has 4 N–H and O–H groups in total. The van der Waals surface area contributed by atoms with Crippen LogP contribution in [0.25, 0.3) is 0 Å². The molecule has 72 valence electrons. The number of halogens is 1. The van der Waals surface area contributed by atoms with Gasteiger partial charge in [0.05, 0.1) is 22.4 Å². The number of hydrogen-bond acceptors (Lipinski definition) is 3. The van der Waals surface area contributed by atoms with Gasteiger partial charge in [0.2, 0.25) is 5.91 Å². The fourth-order valence-corrected chi connectivity index (χ4v) is 1.79. The van der Waals surface area contributed by atoms with Crippen LogP contribution < -0.4 is 11.5 Å². The molecule has 13 heavy (non-hydrogen) atoms. The van der Waals surface area contributed by atoms with Crippen molar-refractivity contribution in [1.82, 2.24) is 9.78 Å². The Labute approximate surface area is 84.2 Å². The lowest BCUT2D eigenvalue weighted by atomic mass is 10.1. The van der Waals surface area contributed by atoms with Crippen molar-refractivity contribution in [2.75, 3.05) is 0 Å². The number of amides is 1. The van der Waals surface area contributed by atoms with Crippen molar-refractivity contribution in [2.45, 2.75) is 12.5 Å². The second-order valence-corrected chi connectivity index (χ2v) is 3.63. The van der Waals surface area contributed by atoms with E-state index in [0.717, 1.165) is 10.2 Å². The average Bonchev–Trinajstić information content (AvgIpc) is 2.29. The minimum Gasteiger partial charge on any atom is -0.370 e. The molecule has 0 aliphatic rings. The van der Waals surface area contributed by atoms with Crippen LogP contribution in [0.1, 0.15) is 18.2 Å². The molecule has 0 saturated carbocycles. The van der Waals surface area contributed by atoms with Crippen molar-refractivity contribution in [3.8, 4) is 0 Å². The van der Waals surface area contributed by atoms with Crippen LogP contribution >= 0.6 is 15.9 Å². The number of aryl methyl sites for hydroxylation is 1. The lowest BCUT2D eigenvalue weighted by Gasteiger charge is -2.10. The van der Waals surface area contributed by atoms with E-state index in [4.69, 9.17) is 11.5 Å². The third-order valence-electron chi connectivity index (χ3n) is 1.71. The van der Waals surface area contributed by atoms with Gasteiger partial charge in [-0.1, -0.05) is 0 Å². The molecule has 0 fully saturated rings. The van der Waals surface area contributed by atoms with Gasteiger partial charge < -0.3 is 11.5 Å². The third-order valence-corrected chi connectivity index (χ3v) is 2.32. The maximum atomic E-state index is 10.6. The number of nitrogens with zero attached hydrogens (tertiary/aromatic N) is 2. The summed E-state index contributed by atoms with van der Waals surface area (Å²) in [6.45, 7) is 0. The summed E-state index contributed by atoms with van der Waals surface area (Å²) < 4.78 is 2.42. The Bertz CT molecular complexity index is 303. The number of rotatable bonds is 3. The summed E-state index contributed by atoms with van der Waals surface area (Å²) in [7, 11) is 1.76. The largest absolute Gasteiger partial charge is 0.370 e. The third kappa shape index (κ3) is 2.28. The zero-order valence-corrected chi connectivity index (χ0v) is 8.78. The predicted molar refractivity (Wildman–Crippen MR) is 51.6 cm³/mol. The van der Waals surface area contributed by atoms with Gasteiger partial charge >= 0.3 is 0 Å². The highest BCUT2D eigenvalue weighted by molar-refractivity contribution is 9.10. The number of nitrogens with two attached hydrogens (primary N) is 2. The van der Waals surface area contributed by atoms with E-state index in [9.17, 15) is 4.79 Å². The van der Waals surface area contributed by atoms with Crippen LogP contribution in [0.2, 0.25) is 0 Å². The van der Waals surface area contributed by atoms with Crippen molar-refractivity contribution >= 4 is 21.8 Å². The molecule has 1 atom stereocenters. The average molecular weight is 247 g/mol. The normalized spacial score (nSPS) is 12.8. The molecule has 0 aliphatic heterocycles. The summed E-state index contributed by atoms with van der Waals surface area (Å²) in [5.41, 5.74) is 11.6. The zero-order valence-electron chi connectivity index (χ0n) is 7.20. The van der Waals surface area contributed by atoms with E-state index >= 15 is 0 Å². The van der Waals surface area contributed by atoms with Gasteiger partial charge in [-0.15, -0.1) is 0 Å². The van der Waals surface area contributed by atoms with Gasteiger partial charge in [0.15, 0.2) is 0 Å². The highest BCUT2D eigenvalue weighted by atomic mass is 79.9. The van der Waals surface area contributed by atoms with Crippen LogP contribution in [-0.4, -0.2) is 15.7 Å². The number of primary amides is 1. The summed E-state index contributed by atoms with van der Waals surface area (Å²) >= 11 is 3.29. The highest BCUT2D eigenvalue weighted by Crippen LogP contribution is 2.22. The van der Waals surface area contributed by atoms with E-state index in [1.54, 1.807) is 17.9 Å². The minimum absolute atomic E-state index is 0.123. The van der Waals surface area contributed by atoms with Crippen LogP contribution in [0.3, 0.4) is 0 Å². The molecule has 0 bridgehead atoms. The quantitative estimate of drug-likeness (QED) is 0.791. The molecule has 0 unspecified atom stereocenters. The van der Waals surface area contributed by atoms with Crippen LogP contribution in [0.15, 0.2) is 10.7 Å². The summed E-state index contributed by atoms with van der Waals surface area (Å²) in [6.07, 6.45) is 1.76. The first-order chi connectivity index (χ1) is 6.02. The van der Waals surface area contributed by atoms with E-state index in [2.05, 4.69) is 21.0 Å². The summed E-state index contributed by atoms with van der Waals surface area (Å²) in [5.74, 6) is -0.416. The van der Waals surface area contributed by atoms with Crippen LogP contribution in [-0.2, 0) is 11.8 Å². The van der Waals surface area contributed by atoms with Gasteiger partial charge in [-0.05, 0) is 15.9 Å². The zero-order chi connectivity index (χ0) is 10.0. The first-order valence-corrected chi connectivity index (χ1v) is 4.53. The molecular formula is C7H11BrN4O. The maximum Gasteiger partial charge on any atom is 0.219 e. The lowest BCUT2D eigenvalue weighted by Crippen LogP contribution is -2.22. The molecule has 1 amide bonds. The highest BCUT2D eigenvalue weighted by Gasteiger charge is 2.16. The second kappa shape index (κ2) is 3.89. The van der Waals surface area contributed by atoms with E-state index in [0.29, 0.717) is 0 Å². The summed E-state index contributed by atoms with van der Waals surface area (Å²) in [6, 6.07) is -0.403. The van der Waals surface area contributed by atoms with Crippen LogP contribution in [0.5, 0.6) is 0 Å². The molecule has 0 saturated heterocycles. The van der Waals surface area contributed by atoms with Gasteiger partial charge in [0, 0.05) is 13.5 Å².